The van der Waals surface area contributed by atoms with Crippen molar-refractivity contribution in [3.05, 3.63) is 59.7 Å². The molecule has 3 rings (SSSR count). The maximum absolute atomic E-state index is 12.9. The maximum atomic E-state index is 12.9. The second kappa shape index (κ2) is 9.52. The smallest absolute Gasteiger partial charge is 0.338 e. The van der Waals surface area contributed by atoms with E-state index in [-0.39, 0.29) is 41.3 Å². The van der Waals surface area contributed by atoms with E-state index in [0.29, 0.717) is 12.0 Å². The molecule has 0 aliphatic heterocycles. The Morgan fingerprint density at radius 2 is 1.97 bits per heavy atom. The summed E-state index contributed by atoms with van der Waals surface area (Å²) < 4.78 is 6.12. The molecule has 4 heteroatoms. The van der Waals surface area contributed by atoms with Gasteiger partial charge in [-0.1, -0.05) is 56.2 Å². The topological polar surface area (TPSA) is 63.6 Å². The maximum Gasteiger partial charge on any atom is 0.338 e. The van der Waals surface area contributed by atoms with Crippen molar-refractivity contribution in [2.24, 2.45) is 22.7 Å². The van der Waals surface area contributed by atoms with Crippen molar-refractivity contribution in [2.75, 3.05) is 6.61 Å². The number of ether oxygens (including phenoxy) is 1. The minimum atomic E-state index is -0.310. The number of esters is 1. The van der Waals surface area contributed by atoms with Gasteiger partial charge < -0.3 is 9.84 Å². The molecule has 0 radical (unpaired) electrons. The van der Waals surface area contributed by atoms with E-state index in [1.165, 1.54) is 0 Å². The molecule has 0 saturated heterocycles. The lowest BCUT2D eigenvalue weighted by Gasteiger charge is -2.60. The van der Waals surface area contributed by atoms with Crippen molar-refractivity contribution < 1.29 is 19.4 Å². The molecule has 2 fully saturated rings. The Bertz CT molecular complexity index is 842. The van der Waals surface area contributed by atoms with E-state index in [4.69, 9.17) is 4.74 Å². The quantitative estimate of drug-likeness (QED) is 0.271. The molecular formula is C27H36O4. The minimum Gasteiger partial charge on any atom is -0.458 e. The molecule has 2 aliphatic rings. The van der Waals surface area contributed by atoms with Gasteiger partial charge in [-0.3, -0.25) is 4.79 Å². The average molecular weight is 425 g/mol. The molecule has 4 nitrogen and oxygen atoms in total. The fourth-order valence-corrected chi connectivity index (χ4v) is 6.40. The van der Waals surface area contributed by atoms with Gasteiger partial charge in [-0.2, -0.15) is 0 Å². The standard InChI is InChI=1S/C27H36O4/c1-19(13-16-28)11-12-22-20(2)17-23(31-25(30)21-9-6-5-7-10-21)24-26(3,18-29)14-8-15-27(22,24)4/h5-7,9-10,13,16,22-24,29H,2,8,11-12,14-15,17-18H2,1,3-4H3/b19-13-/t22-,23-,24+,26+,27-/m1/s1. The van der Waals surface area contributed by atoms with Crippen LogP contribution in [-0.4, -0.2) is 30.1 Å². The summed E-state index contributed by atoms with van der Waals surface area (Å²) in [7, 11) is 0. The number of aldehydes is 1. The highest BCUT2D eigenvalue weighted by atomic mass is 16.5. The molecule has 1 N–H and O–H groups in total. The van der Waals surface area contributed by atoms with Crippen LogP contribution < -0.4 is 0 Å². The Labute approximate surface area is 186 Å². The lowest BCUT2D eigenvalue weighted by Crippen LogP contribution is -2.58. The molecule has 0 spiro atoms. The predicted octanol–water partition coefficient (Wildman–Crippen LogP) is 5.52. The van der Waals surface area contributed by atoms with Crippen molar-refractivity contribution in [1.82, 2.24) is 0 Å². The second-order valence-electron chi connectivity index (χ2n) is 10.1. The van der Waals surface area contributed by atoms with E-state index < -0.39 is 0 Å². The van der Waals surface area contributed by atoms with Gasteiger partial charge in [-0.15, -0.1) is 0 Å². The summed E-state index contributed by atoms with van der Waals surface area (Å²) in [5.41, 5.74) is 2.31. The van der Waals surface area contributed by atoms with Crippen LogP contribution in [0, 0.1) is 22.7 Å². The van der Waals surface area contributed by atoms with Crippen LogP contribution in [-0.2, 0) is 9.53 Å². The van der Waals surface area contributed by atoms with Gasteiger partial charge >= 0.3 is 5.97 Å². The average Bonchev–Trinajstić information content (AvgIpc) is 2.73. The number of hydrogen-bond donors (Lipinski definition) is 1. The number of rotatable bonds is 7. The SMILES string of the molecule is C=C1C[C@@H](OC(=O)c2ccccc2)[C@H]2[C@](C)(CO)CCC[C@]2(C)[C@@H]1CC/C(C)=C\C=O. The van der Waals surface area contributed by atoms with Crippen LogP contribution in [0.5, 0.6) is 0 Å². The van der Waals surface area contributed by atoms with E-state index in [1.54, 1.807) is 18.2 Å². The lowest BCUT2D eigenvalue weighted by molar-refractivity contribution is -0.145. The zero-order valence-corrected chi connectivity index (χ0v) is 19.1. The number of allylic oxidation sites excluding steroid dienone is 2. The molecule has 31 heavy (non-hydrogen) atoms. The molecule has 0 amide bonds. The Hall–Kier alpha value is -2.20. The first-order valence-electron chi connectivity index (χ1n) is 11.4. The highest BCUT2D eigenvalue weighted by molar-refractivity contribution is 5.89. The summed E-state index contributed by atoms with van der Waals surface area (Å²) in [6.07, 6.45) is 7.54. The molecule has 0 bridgehead atoms. The third kappa shape index (κ3) is 4.69. The van der Waals surface area contributed by atoms with Crippen molar-refractivity contribution in [3.63, 3.8) is 0 Å². The fraction of sp³-hybridized carbons (Fsp3) is 0.556. The molecule has 2 aliphatic carbocycles. The van der Waals surface area contributed by atoms with Crippen LogP contribution in [0.15, 0.2) is 54.1 Å². The van der Waals surface area contributed by atoms with Crippen LogP contribution in [0.3, 0.4) is 0 Å². The third-order valence-corrected chi connectivity index (χ3v) is 7.86. The van der Waals surface area contributed by atoms with E-state index in [1.807, 2.05) is 25.1 Å². The fourth-order valence-electron chi connectivity index (χ4n) is 6.40. The van der Waals surface area contributed by atoms with Gasteiger partial charge in [-0.05, 0) is 67.6 Å². The van der Waals surface area contributed by atoms with Gasteiger partial charge in [0.1, 0.15) is 12.4 Å². The number of carbonyl (C=O) groups is 2. The van der Waals surface area contributed by atoms with Crippen LogP contribution >= 0.6 is 0 Å². The summed E-state index contributed by atoms with van der Waals surface area (Å²) in [5.74, 6) is 0.0115. The van der Waals surface area contributed by atoms with Crippen LogP contribution in [0.4, 0.5) is 0 Å². The van der Waals surface area contributed by atoms with E-state index in [2.05, 4.69) is 20.4 Å². The summed E-state index contributed by atoms with van der Waals surface area (Å²) in [6.45, 7) is 10.9. The van der Waals surface area contributed by atoms with Crippen molar-refractivity contribution in [2.45, 2.75) is 65.4 Å². The van der Waals surface area contributed by atoms with Gasteiger partial charge in [0.15, 0.2) is 0 Å². The predicted molar refractivity (Wildman–Crippen MR) is 123 cm³/mol. The van der Waals surface area contributed by atoms with Gasteiger partial charge in [0.2, 0.25) is 0 Å². The largest absolute Gasteiger partial charge is 0.458 e. The molecule has 0 aromatic heterocycles. The normalized spacial score (nSPS) is 33.5. The highest BCUT2D eigenvalue weighted by Crippen LogP contribution is 2.62. The molecule has 0 unspecified atom stereocenters. The van der Waals surface area contributed by atoms with Crippen molar-refractivity contribution in [1.29, 1.82) is 0 Å². The van der Waals surface area contributed by atoms with Gasteiger partial charge in [0.05, 0.1) is 5.56 Å². The first-order chi connectivity index (χ1) is 14.7. The molecule has 0 heterocycles. The van der Waals surface area contributed by atoms with E-state index >= 15 is 0 Å². The Kier molecular flexibility index (Phi) is 7.20. The number of benzene rings is 1. The first-order valence-corrected chi connectivity index (χ1v) is 11.4. The Morgan fingerprint density at radius 3 is 2.61 bits per heavy atom. The highest BCUT2D eigenvalue weighted by Gasteiger charge is 2.59. The Morgan fingerprint density at radius 1 is 1.26 bits per heavy atom. The van der Waals surface area contributed by atoms with Crippen LogP contribution in [0.2, 0.25) is 0 Å². The van der Waals surface area contributed by atoms with Gasteiger partial charge in [-0.25, -0.2) is 4.79 Å². The summed E-state index contributed by atoms with van der Waals surface area (Å²) in [4.78, 5) is 23.7. The summed E-state index contributed by atoms with van der Waals surface area (Å²) in [6, 6.07) is 9.10. The summed E-state index contributed by atoms with van der Waals surface area (Å²) in [5, 5.41) is 10.4. The minimum absolute atomic E-state index is 0.0530. The first kappa shape index (κ1) is 23.5. The van der Waals surface area contributed by atoms with E-state index in [0.717, 1.165) is 49.5 Å². The number of aliphatic hydroxyl groups excluding tert-OH is 1. The molecular weight excluding hydrogens is 388 g/mol. The third-order valence-electron chi connectivity index (χ3n) is 7.86. The lowest BCUT2D eigenvalue weighted by atomic mass is 9.46. The molecule has 2 saturated carbocycles. The zero-order chi connectivity index (χ0) is 22.6. The van der Waals surface area contributed by atoms with E-state index in [9.17, 15) is 14.7 Å². The zero-order valence-electron chi connectivity index (χ0n) is 19.1. The number of aliphatic hydroxyl groups is 1. The number of fused-ring (bicyclic) bond motifs is 1. The van der Waals surface area contributed by atoms with Crippen molar-refractivity contribution >= 4 is 12.3 Å². The monoisotopic (exact) mass is 424 g/mol. The van der Waals surface area contributed by atoms with Crippen LogP contribution in [0.1, 0.15) is 69.7 Å². The summed E-state index contributed by atoms with van der Waals surface area (Å²) >= 11 is 0. The molecule has 168 valence electrons. The Balaban J connectivity index is 1.92. The second-order valence-corrected chi connectivity index (χ2v) is 10.1. The number of hydrogen-bond acceptors (Lipinski definition) is 4. The van der Waals surface area contributed by atoms with Gasteiger partial charge in [0.25, 0.3) is 0 Å². The molecule has 5 atom stereocenters. The van der Waals surface area contributed by atoms with Crippen molar-refractivity contribution in [3.8, 4) is 0 Å². The number of carbonyl (C=O) groups excluding carboxylic acids is 2. The molecule has 1 aromatic rings. The van der Waals surface area contributed by atoms with Gasteiger partial charge in [0, 0.05) is 18.9 Å². The molecule has 1 aromatic carbocycles. The van der Waals surface area contributed by atoms with Crippen LogP contribution in [0.25, 0.3) is 0 Å².